The molecule has 0 bridgehead atoms. The zero-order valence-corrected chi connectivity index (χ0v) is 11.1. The second-order valence-corrected chi connectivity index (χ2v) is 6.76. The second-order valence-electron chi connectivity index (χ2n) is 4.45. The van der Waals surface area contributed by atoms with Crippen LogP contribution in [0.1, 0.15) is 5.56 Å². The lowest BCUT2D eigenvalue weighted by atomic mass is 10.2. The summed E-state index contributed by atoms with van der Waals surface area (Å²) in [5, 5.41) is 2.96. The zero-order chi connectivity index (χ0) is 13.2. The third-order valence-electron chi connectivity index (χ3n) is 3.08. The molecule has 2 rings (SSSR count). The molecule has 1 fully saturated rings. The van der Waals surface area contributed by atoms with Gasteiger partial charge >= 0.3 is 0 Å². The Morgan fingerprint density at radius 1 is 1.33 bits per heavy atom. The van der Waals surface area contributed by atoms with Crippen molar-refractivity contribution in [2.75, 3.05) is 36.5 Å². The van der Waals surface area contributed by atoms with Crippen molar-refractivity contribution >= 4 is 15.5 Å². The van der Waals surface area contributed by atoms with E-state index < -0.39 is 9.84 Å². The molecule has 1 N–H and O–H groups in total. The molecule has 0 aromatic heterocycles. The maximum atomic E-state index is 13.9. The average molecular weight is 272 g/mol. The van der Waals surface area contributed by atoms with E-state index in [0.717, 1.165) is 5.56 Å². The molecule has 4 nitrogen and oxygen atoms in total. The Bertz CT molecular complexity index is 517. The van der Waals surface area contributed by atoms with Gasteiger partial charge in [0.2, 0.25) is 0 Å². The van der Waals surface area contributed by atoms with E-state index in [-0.39, 0.29) is 17.3 Å². The fourth-order valence-electron chi connectivity index (χ4n) is 2.07. The fraction of sp³-hybridized carbons (Fsp3) is 0.500. The van der Waals surface area contributed by atoms with Crippen molar-refractivity contribution in [2.24, 2.45) is 0 Å². The van der Waals surface area contributed by atoms with Crippen LogP contribution in [0.4, 0.5) is 10.1 Å². The first kappa shape index (κ1) is 13.3. The summed E-state index contributed by atoms with van der Waals surface area (Å²) in [5.41, 5.74) is 1.37. The SMILES string of the molecule is CNCc1ccc(N2CCS(=O)(=O)CC2)c(F)c1. The van der Waals surface area contributed by atoms with Crippen LogP contribution in [-0.4, -0.2) is 40.1 Å². The van der Waals surface area contributed by atoms with E-state index in [1.54, 1.807) is 18.0 Å². The van der Waals surface area contributed by atoms with E-state index in [2.05, 4.69) is 5.32 Å². The smallest absolute Gasteiger partial charge is 0.153 e. The average Bonchev–Trinajstić information content (AvgIpc) is 2.31. The Kier molecular flexibility index (Phi) is 3.87. The maximum Gasteiger partial charge on any atom is 0.153 e. The van der Waals surface area contributed by atoms with Crippen LogP contribution in [0.3, 0.4) is 0 Å². The summed E-state index contributed by atoms with van der Waals surface area (Å²) in [7, 11) is -1.12. The van der Waals surface area contributed by atoms with Gasteiger partial charge in [-0.1, -0.05) is 6.07 Å². The molecule has 1 aromatic rings. The van der Waals surface area contributed by atoms with Crippen molar-refractivity contribution in [3.05, 3.63) is 29.6 Å². The molecule has 0 radical (unpaired) electrons. The predicted molar refractivity (Wildman–Crippen MR) is 70.0 cm³/mol. The Hall–Kier alpha value is -1.14. The molecule has 0 unspecified atom stereocenters. The van der Waals surface area contributed by atoms with E-state index in [1.807, 2.05) is 6.07 Å². The summed E-state index contributed by atoms with van der Waals surface area (Å²) in [6.45, 7) is 1.35. The van der Waals surface area contributed by atoms with Crippen LogP contribution in [0.15, 0.2) is 18.2 Å². The van der Waals surface area contributed by atoms with Crippen molar-refractivity contribution in [3.63, 3.8) is 0 Å². The van der Waals surface area contributed by atoms with Crippen LogP contribution in [0.25, 0.3) is 0 Å². The normalized spacial score (nSPS) is 18.9. The highest BCUT2D eigenvalue weighted by molar-refractivity contribution is 7.91. The molecule has 0 aliphatic carbocycles. The van der Waals surface area contributed by atoms with Crippen LogP contribution >= 0.6 is 0 Å². The second kappa shape index (κ2) is 5.24. The molecule has 1 aliphatic rings. The van der Waals surface area contributed by atoms with Gasteiger partial charge < -0.3 is 10.2 Å². The number of hydrogen-bond acceptors (Lipinski definition) is 4. The Labute approximate surface area is 107 Å². The van der Waals surface area contributed by atoms with Crippen LogP contribution < -0.4 is 10.2 Å². The number of anilines is 1. The summed E-state index contributed by atoms with van der Waals surface area (Å²) < 4.78 is 36.6. The lowest BCUT2D eigenvalue weighted by molar-refractivity contribution is 0.581. The molecule has 1 saturated heterocycles. The molecule has 100 valence electrons. The summed E-state index contributed by atoms with van der Waals surface area (Å²) in [6.07, 6.45) is 0. The highest BCUT2D eigenvalue weighted by Crippen LogP contribution is 2.22. The monoisotopic (exact) mass is 272 g/mol. The summed E-state index contributed by atoms with van der Waals surface area (Å²) >= 11 is 0. The molecule has 0 spiro atoms. The first-order valence-corrected chi connectivity index (χ1v) is 7.72. The zero-order valence-electron chi connectivity index (χ0n) is 10.3. The number of hydrogen-bond donors (Lipinski definition) is 1. The Balaban J connectivity index is 2.14. The van der Waals surface area contributed by atoms with Gasteiger partial charge in [0, 0.05) is 19.6 Å². The Morgan fingerprint density at radius 2 is 2.00 bits per heavy atom. The molecule has 0 saturated carbocycles. The molecule has 1 heterocycles. The fourth-order valence-corrected chi connectivity index (χ4v) is 3.28. The molecule has 18 heavy (non-hydrogen) atoms. The number of nitrogens with one attached hydrogen (secondary N) is 1. The van der Waals surface area contributed by atoms with Gasteiger partial charge in [-0.3, -0.25) is 0 Å². The van der Waals surface area contributed by atoms with Crippen LogP contribution in [0.5, 0.6) is 0 Å². The minimum atomic E-state index is -2.93. The number of halogens is 1. The van der Waals surface area contributed by atoms with Gasteiger partial charge in [-0.2, -0.15) is 0 Å². The Morgan fingerprint density at radius 3 is 2.56 bits per heavy atom. The molecular formula is C12H17FN2O2S. The lowest BCUT2D eigenvalue weighted by Gasteiger charge is -2.29. The van der Waals surface area contributed by atoms with E-state index in [4.69, 9.17) is 0 Å². The van der Waals surface area contributed by atoms with Gasteiger partial charge in [-0.15, -0.1) is 0 Å². The maximum absolute atomic E-state index is 13.9. The molecular weight excluding hydrogens is 255 g/mol. The third kappa shape index (κ3) is 3.00. The van der Waals surface area contributed by atoms with Gasteiger partial charge in [0.05, 0.1) is 17.2 Å². The van der Waals surface area contributed by atoms with Gasteiger partial charge in [-0.05, 0) is 24.7 Å². The summed E-state index contributed by atoms with van der Waals surface area (Å²) in [4.78, 5) is 1.79. The molecule has 1 aliphatic heterocycles. The van der Waals surface area contributed by atoms with Crippen LogP contribution in [0.2, 0.25) is 0 Å². The van der Waals surface area contributed by atoms with Gasteiger partial charge in [0.25, 0.3) is 0 Å². The van der Waals surface area contributed by atoms with E-state index >= 15 is 0 Å². The van der Waals surface area contributed by atoms with Gasteiger partial charge in [0.15, 0.2) is 9.84 Å². The van der Waals surface area contributed by atoms with Crippen molar-refractivity contribution in [1.29, 1.82) is 0 Å². The molecule has 1 aromatic carbocycles. The third-order valence-corrected chi connectivity index (χ3v) is 4.69. The van der Waals surface area contributed by atoms with Crippen molar-refractivity contribution < 1.29 is 12.8 Å². The highest BCUT2D eigenvalue weighted by Gasteiger charge is 2.23. The highest BCUT2D eigenvalue weighted by atomic mass is 32.2. The van der Waals surface area contributed by atoms with E-state index in [9.17, 15) is 12.8 Å². The molecule has 0 amide bonds. The predicted octanol–water partition coefficient (Wildman–Crippen LogP) is 0.780. The first-order chi connectivity index (χ1) is 8.52. The van der Waals surface area contributed by atoms with E-state index in [1.165, 1.54) is 6.07 Å². The minimum absolute atomic E-state index is 0.102. The van der Waals surface area contributed by atoms with E-state index in [0.29, 0.717) is 25.3 Å². The number of rotatable bonds is 3. The van der Waals surface area contributed by atoms with Crippen LogP contribution in [-0.2, 0) is 16.4 Å². The quantitative estimate of drug-likeness (QED) is 0.883. The van der Waals surface area contributed by atoms with Crippen molar-refractivity contribution in [2.45, 2.75) is 6.54 Å². The van der Waals surface area contributed by atoms with Gasteiger partial charge in [0.1, 0.15) is 5.82 Å². The van der Waals surface area contributed by atoms with Crippen molar-refractivity contribution in [1.82, 2.24) is 5.32 Å². The minimum Gasteiger partial charge on any atom is -0.367 e. The number of nitrogens with zero attached hydrogens (tertiary/aromatic N) is 1. The topological polar surface area (TPSA) is 49.4 Å². The summed E-state index contributed by atoms with van der Waals surface area (Å²) in [6, 6.07) is 5.08. The number of sulfone groups is 1. The van der Waals surface area contributed by atoms with Crippen LogP contribution in [0, 0.1) is 5.82 Å². The number of benzene rings is 1. The van der Waals surface area contributed by atoms with Crippen molar-refractivity contribution in [3.8, 4) is 0 Å². The largest absolute Gasteiger partial charge is 0.367 e. The molecule has 0 atom stereocenters. The molecule has 6 heteroatoms. The lowest BCUT2D eigenvalue weighted by Crippen LogP contribution is -2.40. The first-order valence-electron chi connectivity index (χ1n) is 5.90. The summed E-state index contributed by atoms with van der Waals surface area (Å²) in [5.74, 6) is -0.0860. The van der Waals surface area contributed by atoms with Gasteiger partial charge in [-0.25, -0.2) is 12.8 Å². The standard InChI is InChI=1S/C12H17FN2O2S/c1-14-9-10-2-3-12(11(13)8-10)15-4-6-18(16,17)7-5-15/h2-3,8,14H,4-7,9H2,1H3.